The highest BCUT2D eigenvalue weighted by Gasteiger charge is 2.40. The third-order valence-corrected chi connectivity index (χ3v) is 4.52. The van der Waals surface area contributed by atoms with Crippen molar-refractivity contribution in [3.8, 4) is 5.75 Å². The molecule has 1 fully saturated rings. The van der Waals surface area contributed by atoms with Crippen molar-refractivity contribution in [1.82, 2.24) is 10.6 Å². The average molecular weight is 391 g/mol. The lowest BCUT2D eigenvalue weighted by molar-refractivity contribution is -0.128. The molecule has 0 saturated carbocycles. The van der Waals surface area contributed by atoms with E-state index in [1.165, 1.54) is 13.1 Å². The minimum Gasteiger partial charge on any atom is -0.441 e. The molecule has 0 aromatic heterocycles. The van der Waals surface area contributed by atoms with Gasteiger partial charge in [0.2, 0.25) is 0 Å². The van der Waals surface area contributed by atoms with E-state index in [4.69, 9.17) is 9.47 Å². The third-order valence-electron chi connectivity index (χ3n) is 4.52. The first-order chi connectivity index (χ1) is 13.0. The maximum atomic E-state index is 12.6. The van der Waals surface area contributed by atoms with E-state index in [9.17, 15) is 14.4 Å². The minimum absolute atomic E-state index is 0.104. The number of rotatable bonds is 5. The molecule has 1 aromatic rings. The number of hydrogen-bond donors (Lipinski definition) is 3. The van der Waals surface area contributed by atoms with E-state index in [0.29, 0.717) is 12.8 Å². The Hall–Kier alpha value is -2.61. The molecule has 0 unspecified atom stereocenters. The first-order valence-electron chi connectivity index (χ1n) is 9.26. The molecule has 1 aromatic carbocycles. The molecule has 28 heavy (non-hydrogen) atoms. The fourth-order valence-corrected chi connectivity index (χ4v) is 3.76. The van der Waals surface area contributed by atoms with Crippen LogP contribution in [0, 0.1) is 5.92 Å². The quantitative estimate of drug-likeness (QED) is 0.712. The van der Waals surface area contributed by atoms with E-state index < -0.39 is 12.2 Å². The van der Waals surface area contributed by atoms with Crippen molar-refractivity contribution in [2.24, 2.45) is 5.92 Å². The molecular formula is C20H29N3O5. The minimum atomic E-state index is -0.784. The Balaban J connectivity index is 1.92. The van der Waals surface area contributed by atoms with Gasteiger partial charge in [0.1, 0.15) is 0 Å². The second-order valence-electron chi connectivity index (χ2n) is 8.30. The number of para-hydroxylation sites is 2. The van der Waals surface area contributed by atoms with Gasteiger partial charge in [-0.05, 0) is 52.7 Å². The maximum Gasteiger partial charge on any atom is 0.412 e. The predicted molar refractivity (Wildman–Crippen MR) is 106 cm³/mol. The summed E-state index contributed by atoms with van der Waals surface area (Å²) in [5.41, 5.74) is -0.0614. The Morgan fingerprint density at radius 2 is 1.68 bits per heavy atom. The molecule has 0 atom stereocenters. The molecule has 1 aliphatic heterocycles. The number of benzene rings is 1. The normalized spacial score (nSPS) is 18.0. The Morgan fingerprint density at radius 3 is 2.29 bits per heavy atom. The lowest BCUT2D eigenvalue weighted by atomic mass is 9.74. The second kappa shape index (κ2) is 8.60. The van der Waals surface area contributed by atoms with Crippen LogP contribution in [0.3, 0.4) is 0 Å². The Labute approximate surface area is 165 Å². The first-order valence-corrected chi connectivity index (χ1v) is 9.26. The molecular weight excluding hydrogens is 362 g/mol. The molecule has 0 bridgehead atoms. The van der Waals surface area contributed by atoms with E-state index in [-0.39, 0.29) is 40.8 Å². The predicted octanol–water partition coefficient (Wildman–Crippen LogP) is 3.08. The summed E-state index contributed by atoms with van der Waals surface area (Å²) in [6.45, 7) is 7.94. The number of amides is 2. The summed E-state index contributed by atoms with van der Waals surface area (Å²) >= 11 is 0. The summed E-state index contributed by atoms with van der Waals surface area (Å²) in [6, 6.07) is 6.45. The van der Waals surface area contributed by atoms with Crippen LogP contribution in [-0.4, -0.2) is 42.7 Å². The number of piperidine rings is 1. The lowest BCUT2D eigenvalue weighted by Gasteiger charge is -2.46. The highest BCUT2D eigenvalue weighted by Crippen LogP contribution is 2.33. The van der Waals surface area contributed by atoms with Gasteiger partial charge in [-0.1, -0.05) is 12.1 Å². The van der Waals surface area contributed by atoms with Crippen LogP contribution in [0.5, 0.6) is 5.75 Å². The van der Waals surface area contributed by atoms with Crippen molar-refractivity contribution in [3.05, 3.63) is 24.3 Å². The van der Waals surface area contributed by atoms with Gasteiger partial charge in [0.15, 0.2) is 18.1 Å². The molecule has 1 aliphatic rings. The topological polar surface area (TPSA) is 106 Å². The summed E-state index contributed by atoms with van der Waals surface area (Å²) in [5.74, 6) is -0.109. The number of carbonyl (C=O) groups is 3. The van der Waals surface area contributed by atoms with Crippen LogP contribution in [0.4, 0.5) is 15.3 Å². The molecule has 0 radical (unpaired) electrons. The molecule has 3 N–H and O–H groups in total. The average Bonchev–Trinajstić information content (AvgIpc) is 2.58. The molecule has 0 spiro atoms. The van der Waals surface area contributed by atoms with Gasteiger partial charge < -0.3 is 20.1 Å². The highest BCUT2D eigenvalue weighted by atomic mass is 16.6. The number of nitrogens with one attached hydrogen (secondary N) is 3. The zero-order valence-corrected chi connectivity index (χ0v) is 17.0. The van der Waals surface area contributed by atoms with Crippen molar-refractivity contribution in [1.29, 1.82) is 0 Å². The van der Waals surface area contributed by atoms with E-state index in [1.807, 2.05) is 0 Å². The lowest BCUT2D eigenvalue weighted by Crippen LogP contribution is -2.59. The molecule has 2 rings (SSSR count). The van der Waals surface area contributed by atoms with Crippen LogP contribution < -0.4 is 20.7 Å². The van der Waals surface area contributed by atoms with E-state index in [0.717, 1.165) is 0 Å². The summed E-state index contributed by atoms with van der Waals surface area (Å²) in [5, 5.41) is 8.35. The summed E-state index contributed by atoms with van der Waals surface area (Å²) < 4.78 is 10.2. The Bertz CT molecular complexity index is 729. The summed E-state index contributed by atoms with van der Waals surface area (Å²) in [7, 11) is 1.43. The van der Waals surface area contributed by atoms with Gasteiger partial charge in [0.05, 0.1) is 5.69 Å². The summed E-state index contributed by atoms with van der Waals surface area (Å²) in [4.78, 5) is 36.1. The highest BCUT2D eigenvalue weighted by molar-refractivity contribution is 5.90. The standard InChI is InChI=1S/C20H29N3O5/c1-19(2)10-13(11-20(3,4)23-19)15(24)12-27-18(26)22-14-8-6-7-9-16(14)28-17(25)21-5/h6-9,13,23H,10-12H2,1-5H3,(H,21,25)(H,22,26). The van der Waals surface area contributed by atoms with Gasteiger partial charge in [-0.15, -0.1) is 0 Å². The van der Waals surface area contributed by atoms with Crippen molar-refractivity contribution in [2.45, 2.75) is 51.6 Å². The molecule has 8 heteroatoms. The fourth-order valence-electron chi connectivity index (χ4n) is 3.76. The molecule has 1 heterocycles. The van der Waals surface area contributed by atoms with Crippen molar-refractivity contribution in [2.75, 3.05) is 19.0 Å². The van der Waals surface area contributed by atoms with Crippen LogP contribution >= 0.6 is 0 Å². The van der Waals surface area contributed by atoms with Crippen molar-refractivity contribution in [3.63, 3.8) is 0 Å². The van der Waals surface area contributed by atoms with Gasteiger partial charge in [0, 0.05) is 24.0 Å². The van der Waals surface area contributed by atoms with Crippen LogP contribution in [0.25, 0.3) is 0 Å². The monoisotopic (exact) mass is 391 g/mol. The zero-order valence-electron chi connectivity index (χ0n) is 17.0. The van der Waals surface area contributed by atoms with Crippen LogP contribution in [0.1, 0.15) is 40.5 Å². The van der Waals surface area contributed by atoms with Crippen molar-refractivity contribution < 1.29 is 23.9 Å². The molecule has 2 amide bonds. The van der Waals surface area contributed by atoms with Gasteiger partial charge in [-0.2, -0.15) is 0 Å². The molecule has 0 aliphatic carbocycles. The molecule has 1 saturated heterocycles. The van der Waals surface area contributed by atoms with Gasteiger partial charge in [-0.3, -0.25) is 10.1 Å². The second-order valence-corrected chi connectivity index (χ2v) is 8.30. The van der Waals surface area contributed by atoms with Gasteiger partial charge >= 0.3 is 12.2 Å². The third kappa shape index (κ3) is 6.23. The number of ketones is 1. The fraction of sp³-hybridized carbons (Fsp3) is 0.550. The number of ether oxygens (including phenoxy) is 2. The molecule has 8 nitrogen and oxygen atoms in total. The Kier molecular flexibility index (Phi) is 6.66. The zero-order chi connectivity index (χ0) is 20.9. The number of carbonyl (C=O) groups excluding carboxylic acids is 3. The van der Waals surface area contributed by atoms with Crippen LogP contribution in [0.2, 0.25) is 0 Å². The van der Waals surface area contributed by atoms with Gasteiger partial charge in [-0.25, -0.2) is 9.59 Å². The maximum absolute atomic E-state index is 12.6. The van der Waals surface area contributed by atoms with E-state index in [2.05, 4.69) is 43.6 Å². The first kappa shape index (κ1) is 21.7. The van der Waals surface area contributed by atoms with Crippen LogP contribution in [-0.2, 0) is 9.53 Å². The smallest absolute Gasteiger partial charge is 0.412 e. The SMILES string of the molecule is CNC(=O)Oc1ccccc1NC(=O)OCC(=O)C1CC(C)(C)NC(C)(C)C1. The van der Waals surface area contributed by atoms with E-state index in [1.54, 1.807) is 18.2 Å². The van der Waals surface area contributed by atoms with Crippen LogP contribution in [0.15, 0.2) is 24.3 Å². The Morgan fingerprint density at radius 1 is 1.07 bits per heavy atom. The number of anilines is 1. The van der Waals surface area contributed by atoms with E-state index >= 15 is 0 Å². The number of Topliss-reactive ketones (excluding diaryl/α,β-unsaturated/α-hetero) is 1. The molecule has 154 valence electrons. The summed E-state index contributed by atoms with van der Waals surface area (Å²) in [6.07, 6.45) is -0.0748. The van der Waals surface area contributed by atoms with Gasteiger partial charge in [0.25, 0.3) is 0 Å². The number of hydrogen-bond acceptors (Lipinski definition) is 6. The van der Waals surface area contributed by atoms with Crippen molar-refractivity contribution >= 4 is 23.7 Å². The largest absolute Gasteiger partial charge is 0.441 e.